The fourth-order valence-electron chi connectivity index (χ4n) is 2.03. The highest BCUT2D eigenvalue weighted by Crippen LogP contribution is 2.21. The molecule has 0 spiro atoms. The number of benzene rings is 1. The molecule has 2 heteroatoms. The summed E-state index contributed by atoms with van der Waals surface area (Å²) in [5.74, 6) is 1.22. The summed E-state index contributed by atoms with van der Waals surface area (Å²) in [5, 5.41) is 0. The van der Waals surface area contributed by atoms with Gasteiger partial charge >= 0.3 is 0 Å². The van der Waals surface area contributed by atoms with Crippen LogP contribution in [0.5, 0.6) is 0 Å². The zero-order valence-corrected chi connectivity index (χ0v) is 12.5. The Morgan fingerprint density at radius 3 is 2.28 bits per heavy atom. The van der Waals surface area contributed by atoms with Gasteiger partial charge in [-0.2, -0.15) is 0 Å². The molecule has 0 fully saturated rings. The summed E-state index contributed by atoms with van der Waals surface area (Å²) in [6.07, 6.45) is 11.1. The molecule has 1 rings (SSSR count). The van der Waals surface area contributed by atoms with Crippen LogP contribution in [0.4, 0.5) is 5.69 Å². The van der Waals surface area contributed by atoms with Crippen molar-refractivity contribution in [3.05, 3.63) is 24.3 Å². The van der Waals surface area contributed by atoms with E-state index < -0.39 is 0 Å². The first-order chi connectivity index (χ1) is 8.83. The minimum atomic E-state index is 0.871. The number of hydrogen-bond donors (Lipinski definition) is 1. The second kappa shape index (κ2) is 10.3. The van der Waals surface area contributed by atoms with Crippen LogP contribution >= 0.6 is 11.8 Å². The number of nitrogen functional groups attached to an aromatic ring is 1. The summed E-state index contributed by atoms with van der Waals surface area (Å²) in [4.78, 5) is 1.30. The van der Waals surface area contributed by atoms with Gasteiger partial charge in [-0.05, 0) is 30.4 Å². The van der Waals surface area contributed by atoms with Gasteiger partial charge in [0.05, 0.1) is 0 Å². The van der Waals surface area contributed by atoms with E-state index >= 15 is 0 Å². The minimum Gasteiger partial charge on any atom is -0.399 e. The lowest BCUT2D eigenvalue weighted by molar-refractivity contribution is 0.586. The molecule has 0 aliphatic rings. The number of nitrogens with two attached hydrogens (primary N) is 1. The Bertz CT molecular complexity index is 312. The molecule has 0 atom stereocenters. The molecule has 18 heavy (non-hydrogen) atoms. The van der Waals surface area contributed by atoms with Gasteiger partial charge in [0.2, 0.25) is 0 Å². The lowest BCUT2D eigenvalue weighted by Crippen LogP contribution is -1.86. The smallest absolute Gasteiger partial charge is 0.0325 e. The Labute approximate surface area is 117 Å². The van der Waals surface area contributed by atoms with Crippen molar-refractivity contribution in [2.24, 2.45) is 0 Å². The molecule has 2 N–H and O–H groups in total. The maximum absolute atomic E-state index is 5.76. The Hall–Kier alpha value is -0.630. The van der Waals surface area contributed by atoms with Crippen molar-refractivity contribution in [3.8, 4) is 0 Å². The van der Waals surface area contributed by atoms with Gasteiger partial charge in [-0.15, -0.1) is 11.8 Å². The van der Waals surface area contributed by atoms with Gasteiger partial charge in [0.25, 0.3) is 0 Å². The first kappa shape index (κ1) is 15.4. The Morgan fingerprint density at radius 1 is 0.944 bits per heavy atom. The van der Waals surface area contributed by atoms with Crippen molar-refractivity contribution in [2.75, 3.05) is 11.5 Å². The second-order valence-electron chi connectivity index (χ2n) is 4.90. The molecule has 0 unspecified atom stereocenters. The van der Waals surface area contributed by atoms with Crippen LogP contribution in [-0.2, 0) is 0 Å². The van der Waals surface area contributed by atoms with E-state index in [0.717, 1.165) is 5.69 Å². The topological polar surface area (TPSA) is 26.0 Å². The van der Waals surface area contributed by atoms with Crippen LogP contribution in [-0.4, -0.2) is 5.75 Å². The van der Waals surface area contributed by atoms with E-state index in [0.29, 0.717) is 0 Å². The third kappa shape index (κ3) is 7.65. The molecule has 1 nitrogen and oxygen atoms in total. The van der Waals surface area contributed by atoms with Crippen LogP contribution in [0.3, 0.4) is 0 Å². The molecule has 0 amide bonds. The SMILES string of the molecule is CCCCCCCCCCSc1cccc(N)c1. The van der Waals surface area contributed by atoms with Crippen LogP contribution < -0.4 is 5.73 Å². The van der Waals surface area contributed by atoms with Gasteiger partial charge in [-0.3, -0.25) is 0 Å². The van der Waals surface area contributed by atoms with Gasteiger partial charge in [-0.25, -0.2) is 0 Å². The quantitative estimate of drug-likeness (QED) is 0.343. The molecule has 0 radical (unpaired) electrons. The van der Waals surface area contributed by atoms with Crippen molar-refractivity contribution in [3.63, 3.8) is 0 Å². The molecular weight excluding hydrogens is 238 g/mol. The average molecular weight is 265 g/mol. The van der Waals surface area contributed by atoms with Crippen molar-refractivity contribution in [2.45, 2.75) is 63.2 Å². The number of rotatable bonds is 10. The zero-order valence-electron chi connectivity index (χ0n) is 11.7. The number of anilines is 1. The third-order valence-corrected chi connectivity index (χ3v) is 4.20. The highest BCUT2D eigenvalue weighted by atomic mass is 32.2. The molecule has 0 aromatic heterocycles. The van der Waals surface area contributed by atoms with Crippen LogP contribution in [0.25, 0.3) is 0 Å². The van der Waals surface area contributed by atoms with Gasteiger partial charge in [0.1, 0.15) is 0 Å². The Morgan fingerprint density at radius 2 is 1.61 bits per heavy atom. The molecule has 0 saturated heterocycles. The van der Waals surface area contributed by atoms with Gasteiger partial charge in [0, 0.05) is 10.6 Å². The predicted molar refractivity (Wildman–Crippen MR) is 84.2 cm³/mol. The van der Waals surface area contributed by atoms with Crippen LogP contribution in [0.15, 0.2) is 29.2 Å². The molecule has 0 bridgehead atoms. The fourth-order valence-corrected chi connectivity index (χ4v) is 3.01. The zero-order chi connectivity index (χ0) is 13.1. The molecular formula is C16H27NS. The molecule has 0 heterocycles. The van der Waals surface area contributed by atoms with Crippen molar-refractivity contribution in [1.82, 2.24) is 0 Å². The van der Waals surface area contributed by atoms with Crippen LogP contribution in [0.2, 0.25) is 0 Å². The lowest BCUT2D eigenvalue weighted by atomic mass is 10.1. The summed E-state index contributed by atoms with van der Waals surface area (Å²) in [7, 11) is 0. The number of unbranched alkanes of at least 4 members (excludes halogenated alkanes) is 7. The van der Waals surface area contributed by atoms with E-state index in [1.807, 2.05) is 23.9 Å². The average Bonchev–Trinajstić information content (AvgIpc) is 2.37. The molecule has 102 valence electrons. The first-order valence-electron chi connectivity index (χ1n) is 7.31. The van der Waals surface area contributed by atoms with Crippen molar-refractivity contribution in [1.29, 1.82) is 0 Å². The van der Waals surface area contributed by atoms with Crippen LogP contribution in [0.1, 0.15) is 58.3 Å². The highest BCUT2D eigenvalue weighted by molar-refractivity contribution is 7.99. The van der Waals surface area contributed by atoms with Gasteiger partial charge in [0.15, 0.2) is 0 Å². The largest absolute Gasteiger partial charge is 0.399 e. The van der Waals surface area contributed by atoms with E-state index in [1.54, 1.807) is 0 Å². The summed E-state index contributed by atoms with van der Waals surface area (Å²) in [6.45, 7) is 2.27. The minimum absolute atomic E-state index is 0.871. The van der Waals surface area contributed by atoms with E-state index in [2.05, 4.69) is 19.1 Å². The van der Waals surface area contributed by atoms with E-state index in [9.17, 15) is 0 Å². The monoisotopic (exact) mass is 265 g/mol. The van der Waals surface area contributed by atoms with Crippen molar-refractivity contribution >= 4 is 17.4 Å². The molecule has 1 aromatic carbocycles. The second-order valence-corrected chi connectivity index (χ2v) is 6.06. The number of thioether (sulfide) groups is 1. The predicted octanol–water partition coefficient (Wildman–Crippen LogP) is 5.50. The van der Waals surface area contributed by atoms with Crippen molar-refractivity contribution < 1.29 is 0 Å². The van der Waals surface area contributed by atoms with Gasteiger partial charge in [-0.1, -0.05) is 57.9 Å². The van der Waals surface area contributed by atoms with Crippen LogP contribution in [0, 0.1) is 0 Å². The maximum atomic E-state index is 5.76. The number of hydrogen-bond acceptors (Lipinski definition) is 2. The van der Waals surface area contributed by atoms with Gasteiger partial charge < -0.3 is 5.73 Å². The molecule has 1 aromatic rings. The highest BCUT2D eigenvalue weighted by Gasteiger charge is 1.95. The molecule has 0 aliphatic heterocycles. The lowest BCUT2D eigenvalue weighted by Gasteiger charge is -2.03. The van der Waals surface area contributed by atoms with E-state index in [4.69, 9.17) is 5.73 Å². The molecule has 0 saturated carbocycles. The maximum Gasteiger partial charge on any atom is 0.0325 e. The van der Waals surface area contributed by atoms with E-state index in [1.165, 1.54) is 62.0 Å². The fraction of sp³-hybridized carbons (Fsp3) is 0.625. The molecule has 0 aliphatic carbocycles. The third-order valence-electron chi connectivity index (χ3n) is 3.12. The summed E-state index contributed by atoms with van der Waals surface area (Å²) in [5.41, 5.74) is 6.63. The van der Waals surface area contributed by atoms with E-state index in [-0.39, 0.29) is 0 Å². The summed E-state index contributed by atoms with van der Waals surface area (Å²) >= 11 is 1.93. The summed E-state index contributed by atoms with van der Waals surface area (Å²) in [6, 6.07) is 8.19. The normalized spacial score (nSPS) is 10.7. The first-order valence-corrected chi connectivity index (χ1v) is 8.30. The summed E-state index contributed by atoms with van der Waals surface area (Å²) < 4.78 is 0. The standard InChI is InChI=1S/C16H27NS/c1-2-3-4-5-6-7-8-9-13-18-16-12-10-11-15(17)14-16/h10-12,14H,2-9,13,17H2,1H3. The Balaban J connectivity index is 1.92. The Kier molecular flexibility index (Phi) is 8.83.